The van der Waals surface area contributed by atoms with E-state index < -0.39 is 0 Å². The summed E-state index contributed by atoms with van der Waals surface area (Å²) in [5.41, 5.74) is 0. The van der Waals surface area contributed by atoms with Gasteiger partial charge in [-0.1, -0.05) is 0 Å². The molecular formula is C12H28N2O. The van der Waals surface area contributed by atoms with Crippen LogP contribution < -0.4 is 5.32 Å². The molecule has 1 unspecified atom stereocenters. The van der Waals surface area contributed by atoms with Gasteiger partial charge in [-0.2, -0.15) is 0 Å². The summed E-state index contributed by atoms with van der Waals surface area (Å²) in [6.45, 7) is 9.71. The van der Waals surface area contributed by atoms with Gasteiger partial charge in [-0.25, -0.2) is 0 Å². The molecule has 1 atom stereocenters. The van der Waals surface area contributed by atoms with E-state index in [2.05, 4.69) is 38.0 Å². The smallest absolute Gasteiger partial charge is 0.0613 e. The molecule has 0 saturated heterocycles. The van der Waals surface area contributed by atoms with E-state index in [0.29, 0.717) is 12.1 Å². The SMILES string of the molecule is COCC(C)NCCCCN(C)C(C)C. The lowest BCUT2D eigenvalue weighted by molar-refractivity contribution is 0.172. The lowest BCUT2D eigenvalue weighted by Crippen LogP contribution is -2.32. The van der Waals surface area contributed by atoms with E-state index in [1.807, 2.05) is 0 Å². The van der Waals surface area contributed by atoms with Crippen molar-refractivity contribution in [1.82, 2.24) is 10.2 Å². The summed E-state index contributed by atoms with van der Waals surface area (Å²) < 4.78 is 5.06. The molecule has 0 radical (unpaired) electrons. The molecule has 0 fully saturated rings. The second-order valence-electron chi connectivity index (χ2n) is 4.59. The van der Waals surface area contributed by atoms with Gasteiger partial charge < -0.3 is 15.0 Å². The molecule has 92 valence electrons. The van der Waals surface area contributed by atoms with Gasteiger partial charge in [-0.15, -0.1) is 0 Å². The molecule has 0 bridgehead atoms. The van der Waals surface area contributed by atoms with Crippen molar-refractivity contribution in [2.45, 2.75) is 45.7 Å². The van der Waals surface area contributed by atoms with Crippen LogP contribution in [0.25, 0.3) is 0 Å². The van der Waals surface area contributed by atoms with Gasteiger partial charge in [0.15, 0.2) is 0 Å². The van der Waals surface area contributed by atoms with Crippen LogP contribution in [0.2, 0.25) is 0 Å². The minimum Gasteiger partial charge on any atom is -0.383 e. The fourth-order valence-electron chi connectivity index (χ4n) is 1.40. The first-order chi connectivity index (χ1) is 7.07. The Morgan fingerprint density at radius 1 is 1.20 bits per heavy atom. The van der Waals surface area contributed by atoms with Gasteiger partial charge in [-0.3, -0.25) is 0 Å². The normalized spacial score (nSPS) is 13.8. The van der Waals surface area contributed by atoms with Crippen LogP contribution in [0.4, 0.5) is 0 Å². The second kappa shape index (κ2) is 9.13. The van der Waals surface area contributed by atoms with Crippen molar-refractivity contribution >= 4 is 0 Å². The third-order valence-electron chi connectivity index (χ3n) is 2.73. The summed E-state index contributed by atoms with van der Waals surface area (Å²) in [4.78, 5) is 2.39. The van der Waals surface area contributed by atoms with Gasteiger partial charge in [0.2, 0.25) is 0 Å². The largest absolute Gasteiger partial charge is 0.383 e. The molecule has 0 saturated carbocycles. The van der Waals surface area contributed by atoms with Crippen LogP contribution in [0.15, 0.2) is 0 Å². The van der Waals surface area contributed by atoms with Gasteiger partial charge in [0.05, 0.1) is 6.61 Å². The Labute approximate surface area is 95.2 Å². The molecule has 0 aliphatic rings. The van der Waals surface area contributed by atoms with Crippen LogP contribution in [0.5, 0.6) is 0 Å². The first-order valence-corrected chi connectivity index (χ1v) is 6.00. The van der Waals surface area contributed by atoms with Gasteiger partial charge in [0.1, 0.15) is 0 Å². The highest BCUT2D eigenvalue weighted by Gasteiger charge is 2.02. The Morgan fingerprint density at radius 2 is 1.87 bits per heavy atom. The average molecular weight is 216 g/mol. The highest BCUT2D eigenvalue weighted by Crippen LogP contribution is 1.97. The molecule has 0 aliphatic heterocycles. The molecule has 0 rings (SSSR count). The van der Waals surface area contributed by atoms with Crippen LogP contribution in [-0.4, -0.2) is 50.8 Å². The molecular weight excluding hydrogens is 188 g/mol. The van der Waals surface area contributed by atoms with E-state index >= 15 is 0 Å². The van der Waals surface area contributed by atoms with E-state index in [1.165, 1.54) is 19.4 Å². The maximum Gasteiger partial charge on any atom is 0.0613 e. The Balaban J connectivity index is 3.24. The van der Waals surface area contributed by atoms with Crippen molar-refractivity contribution in [3.63, 3.8) is 0 Å². The number of hydrogen-bond acceptors (Lipinski definition) is 3. The number of nitrogens with one attached hydrogen (secondary N) is 1. The molecule has 0 aromatic heterocycles. The highest BCUT2D eigenvalue weighted by atomic mass is 16.5. The summed E-state index contributed by atoms with van der Waals surface area (Å²) in [6.07, 6.45) is 2.51. The predicted octanol–water partition coefficient (Wildman–Crippen LogP) is 1.73. The zero-order chi connectivity index (χ0) is 11.7. The van der Waals surface area contributed by atoms with Crippen LogP contribution in [0.1, 0.15) is 33.6 Å². The number of nitrogens with zero attached hydrogens (tertiary/aromatic N) is 1. The van der Waals surface area contributed by atoms with Gasteiger partial charge >= 0.3 is 0 Å². The molecule has 0 heterocycles. The molecule has 0 aromatic carbocycles. The molecule has 3 heteroatoms. The maximum absolute atomic E-state index is 5.06. The summed E-state index contributed by atoms with van der Waals surface area (Å²) in [6, 6.07) is 1.13. The monoisotopic (exact) mass is 216 g/mol. The van der Waals surface area contributed by atoms with Crippen LogP contribution in [-0.2, 0) is 4.74 Å². The molecule has 0 amide bonds. The standard InChI is InChI=1S/C12H28N2O/c1-11(2)14(4)9-7-6-8-13-12(3)10-15-5/h11-13H,6-10H2,1-5H3. The van der Waals surface area contributed by atoms with Crippen LogP contribution in [0.3, 0.4) is 0 Å². The summed E-state index contributed by atoms with van der Waals surface area (Å²) in [5, 5.41) is 3.44. The maximum atomic E-state index is 5.06. The number of unbranched alkanes of at least 4 members (excludes halogenated alkanes) is 1. The van der Waals surface area contributed by atoms with E-state index in [4.69, 9.17) is 4.74 Å². The Hall–Kier alpha value is -0.120. The van der Waals surface area contributed by atoms with Crippen molar-refractivity contribution in [2.24, 2.45) is 0 Å². The Bertz CT molecular complexity index is 140. The molecule has 15 heavy (non-hydrogen) atoms. The topological polar surface area (TPSA) is 24.5 Å². The Kier molecular flexibility index (Phi) is 9.06. The first-order valence-electron chi connectivity index (χ1n) is 6.00. The van der Waals surface area contributed by atoms with Gasteiger partial charge in [0, 0.05) is 19.2 Å². The van der Waals surface area contributed by atoms with Crippen molar-refractivity contribution in [1.29, 1.82) is 0 Å². The zero-order valence-corrected chi connectivity index (χ0v) is 11.0. The molecule has 0 spiro atoms. The number of methoxy groups -OCH3 is 1. The van der Waals surface area contributed by atoms with Gasteiger partial charge in [0.25, 0.3) is 0 Å². The van der Waals surface area contributed by atoms with Crippen LogP contribution >= 0.6 is 0 Å². The highest BCUT2D eigenvalue weighted by molar-refractivity contribution is 4.61. The summed E-state index contributed by atoms with van der Waals surface area (Å²) in [7, 11) is 3.93. The Morgan fingerprint density at radius 3 is 2.40 bits per heavy atom. The van der Waals surface area contributed by atoms with Crippen molar-refractivity contribution < 1.29 is 4.74 Å². The first kappa shape index (κ1) is 14.9. The minimum absolute atomic E-state index is 0.470. The van der Waals surface area contributed by atoms with Gasteiger partial charge in [-0.05, 0) is 53.8 Å². The quantitative estimate of drug-likeness (QED) is 0.594. The molecule has 0 aliphatic carbocycles. The van der Waals surface area contributed by atoms with E-state index in [9.17, 15) is 0 Å². The summed E-state index contributed by atoms with van der Waals surface area (Å²) in [5.74, 6) is 0. The lowest BCUT2D eigenvalue weighted by Gasteiger charge is -2.21. The summed E-state index contributed by atoms with van der Waals surface area (Å²) >= 11 is 0. The predicted molar refractivity (Wildman–Crippen MR) is 66.3 cm³/mol. The van der Waals surface area contributed by atoms with E-state index in [-0.39, 0.29) is 0 Å². The average Bonchev–Trinajstić information content (AvgIpc) is 2.17. The fraction of sp³-hybridized carbons (Fsp3) is 1.00. The van der Waals surface area contributed by atoms with E-state index in [0.717, 1.165) is 13.2 Å². The third kappa shape index (κ3) is 8.85. The van der Waals surface area contributed by atoms with Crippen molar-refractivity contribution in [3.05, 3.63) is 0 Å². The fourth-order valence-corrected chi connectivity index (χ4v) is 1.40. The third-order valence-corrected chi connectivity index (χ3v) is 2.73. The number of rotatable bonds is 9. The minimum atomic E-state index is 0.470. The second-order valence-corrected chi connectivity index (χ2v) is 4.59. The number of ether oxygens (including phenoxy) is 1. The van der Waals surface area contributed by atoms with Crippen LogP contribution in [0, 0.1) is 0 Å². The number of hydrogen-bond donors (Lipinski definition) is 1. The zero-order valence-electron chi connectivity index (χ0n) is 11.0. The lowest BCUT2D eigenvalue weighted by atomic mass is 10.2. The molecule has 3 nitrogen and oxygen atoms in total. The van der Waals surface area contributed by atoms with E-state index in [1.54, 1.807) is 7.11 Å². The molecule has 1 N–H and O–H groups in total. The van der Waals surface area contributed by atoms with Crippen molar-refractivity contribution in [2.75, 3.05) is 33.9 Å². The van der Waals surface area contributed by atoms with Crippen molar-refractivity contribution in [3.8, 4) is 0 Å². The molecule has 0 aromatic rings.